The summed E-state index contributed by atoms with van der Waals surface area (Å²) in [5.41, 5.74) is 5.80. The molecule has 1 aromatic carbocycles. The van der Waals surface area contributed by atoms with Gasteiger partial charge in [0.2, 0.25) is 11.9 Å². The number of hydrogen-bond acceptors (Lipinski definition) is 5. The van der Waals surface area contributed by atoms with Crippen LogP contribution < -0.4 is 16.4 Å². The monoisotopic (exact) mass is 313 g/mol. The highest BCUT2D eigenvalue weighted by Gasteiger charge is 2.21. The van der Waals surface area contributed by atoms with Crippen molar-refractivity contribution in [2.45, 2.75) is 32.1 Å². The van der Waals surface area contributed by atoms with Gasteiger partial charge in [0.1, 0.15) is 0 Å². The summed E-state index contributed by atoms with van der Waals surface area (Å²) >= 11 is 0. The third-order valence-electron chi connectivity index (χ3n) is 4.02. The molecule has 3 rings (SSSR count). The summed E-state index contributed by atoms with van der Waals surface area (Å²) in [5, 5.41) is 7.83. The maximum Gasteiger partial charge on any atom is 0.279 e. The fourth-order valence-electron chi connectivity index (χ4n) is 2.77. The maximum atomic E-state index is 12.1. The molecule has 1 aliphatic rings. The smallest absolute Gasteiger partial charge is 0.279 e. The number of amides is 1. The Bertz CT molecular complexity index is 723. The Morgan fingerprint density at radius 2 is 1.83 bits per heavy atom. The van der Waals surface area contributed by atoms with Crippen LogP contribution in [0.1, 0.15) is 32.1 Å². The van der Waals surface area contributed by atoms with Gasteiger partial charge in [0.25, 0.3) is 5.56 Å². The molecule has 1 amide bonds. The van der Waals surface area contributed by atoms with Crippen LogP contribution in [0.25, 0.3) is 11.3 Å². The quantitative estimate of drug-likeness (QED) is 0.748. The van der Waals surface area contributed by atoms with Gasteiger partial charge in [-0.05, 0) is 12.8 Å². The fraction of sp³-hybridized carbons (Fsp3) is 0.375. The van der Waals surface area contributed by atoms with E-state index < -0.39 is 0 Å². The van der Waals surface area contributed by atoms with Crippen molar-refractivity contribution in [3.8, 4) is 11.3 Å². The number of aromatic nitrogens is 3. The minimum atomic E-state index is -0.361. The normalized spacial score (nSPS) is 15.1. The predicted octanol–water partition coefficient (Wildman–Crippen LogP) is 1.86. The molecule has 1 fully saturated rings. The first kappa shape index (κ1) is 15.2. The van der Waals surface area contributed by atoms with E-state index in [1.54, 1.807) is 12.1 Å². The molecule has 120 valence electrons. The zero-order valence-corrected chi connectivity index (χ0v) is 12.7. The van der Waals surface area contributed by atoms with Crippen molar-refractivity contribution in [1.82, 2.24) is 20.6 Å². The number of nitrogens with zero attached hydrogens (tertiary/aromatic N) is 2. The molecule has 0 spiro atoms. The standard InChI is InChI=1S/C16H19N5O2/c22-14(12-9-5-2-6-10-12)19-21-16-17-15(23)13(18-20-16)11-7-3-1-4-8-11/h1,3-4,7-8,12H,2,5-6,9-10H2,(H,19,22)(H2,17,20,21,23). The molecule has 0 bridgehead atoms. The Hall–Kier alpha value is -2.70. The van der Waals surface area contributed by atoms with Crippen molar-refractivity contribution < 1.29 is 4.79 Å². The number of nitrogens with one attached hydrogen (secondary N) is 3. The molecule has 0 atom stereocenters. The predicted molar refractivity (Wildman–Crippen MR) is 86.4 cm³/mol. The van der Waals surface area contributed by atoms with Gasteiger partial charge in [-0.3, -0.25) is 25.4 Å². The van der Waals surface area contributed by atoms with E-state index >= 15 is 0 Å². The van der Waals surface area contributed by atoms with Crippen LogP contribution in [0.3, 0.4) is 0 Å². The first-order chi connectivity index (χ1) is 11.2. The van der Waals surface area contributed by atoms with Crippen molar-refractivity contribution in [1.29, 1.82) is 0 Å². The van der Waals surface area contributed by atoms with Crippen molar-refractivity contribution in [2.24, 2.45) is 5.92 Å². The largest absolute Gasteiger partial charge is 0.288 e. The molecular formula is C16H19N5O2. The van der Waals surface area contributed by atoms with Crippen LogP contribution in [0.15, 0.2) is 35.1 Å². The SMILES string of the molecule is O=C(NNc1nnc(-c2ccccc2)c(=O)[nH]1)C1CCCCC1. The van der Waals surface area contributed by atoms with E-state index in [1.165, 1.54) is 6.42 Å². The zero-order valence-electron chi connectivity index (χ0n) is 12.7. The molecule has 0 radical (unpaired) electrons. The topological polar surface area (TPSA) is 99.8 Å². The van der Waals surface area contributed by atoms with Crippen molar-refractivity contribution in [3.05, 3.63) is 40.7 Å². The number of anilines is 1. The number of carbonyl (C=O) groups excluding carboxylic acids is 1. The Morgan fingerprint density at radius 1 is 1.09 bits per heavy atom. The summed E-state index contributed by atoms with van der Waals surface area (Å²) in [7, 11) is 0. The minimum absolute atomic E-state index is 0.0273. The molecule has 0 unspecified atom stereocenters. The van der Waals surface area contributed by atoms with Crippen LogP contribution in [0.4, 0.5) is 5.95 Å². The van der Waals surface area contributed by atoms with Crippen LogP contribution in [0.5, 0.6) is 0 Å². The molecule has 1 aliphatic carbocycles. The van der Waals surface area contributed by atoms with Gasteiger partial charge in [-0.1, -0.05) is 49.6 Å². The summed E-state index contributed by atoms with van der Waals surface area (Å²) in [6, 6.07) is 9.09. The lowest BCUT2D eigenvalue weighted by Gasteiger charge is -2.20. The molecule has 7 heteroatoms. The summed E-state index contributed by atoms with van der Waals surface area (Å²) in [6.45, 7) is 0. The highest BCUT2D eigenvalue weighted by Crippen LogP contribution is 2.23. The van der Waals surface area contributed by atoms with Crippen molar-refractivity contribution >= 4 is 11.9 Å². The second-order valence-corrected chi connectivity index (χ2v) is 5.67. The summed E-state index contributed by atoms with van der Waals surface area (Å²) in [6.07, 6.45) is 5.17. The highest BCUT2D eigenvalue weighted by atomic mass is 16.2. The molecule has 23 heavy (non-hydrogen) atoms. The van der Waals surface area contributed by atoms with Gasteiger partial charge in [0.05, 0.1) is 0 Å². The Morgan fingerprint density at radius 3 is 2.52 bits per heavy atom. The van der Waals surface area contributed by atoms with Gasteiger partial charge in [0, 0.05) is 11.5 Å². The number of H-pyrrole nitrogens is 1. The molecule has 7 nitrogen and oxygen atoms in total. The van der Waals surface area contributed by atoms with E-state index in [4.69, 9.17) is 0 Å². The number of hydrazine groups is 1. The summed E-state index contributed by atoms with van der Waals surface area (Å²) in [5.74, 6) is 0.0813. The number of rotatable bonds is 4. The second kappa shape index (κ2) is 7.04. The van der Waals surface area contributed by atoms with Crippen LogP contribution in [-0.2, 0) is 4.79 Å². The third kappa shape index (κ3) is 3.74. The Labute approximate surface area is 133 Å². The second-order valence-electron chi connectivity index (χ2n) is 5.67. The minimum Gasteiger partial charge on any atom is -0.288 e. The van der Waals surface area contributed by atoms with Gasteiger partial charge in [-0.25, -0.2) is 0 Å². The molecule has 1 heterocycles. The Kier molecular flexibility index (Phi) is 4.65. The molecule has 0 saturated heterocycles. The summed E-state index contributed by atoms with van der Waals surface area (Å²) in [4.78, 5) is 26.7. The average molecular weight is 313 g/mol. The van der Waals surface area contributed by atoms with E-state index in [1.807, 2.05) is 18.2 Å². The van der Waals surface area contributed by atoms with E-state index in [9.17, 15) is 9.59 Å². The third-order valence-corrected chi connectivity index (χ3v) is 4.02. The lowest BCUT2D eigenvalue weighted by atomic mass is 9.89. The molecule has 3 N–H and O–H groups in total. The van der Waals surface area contributed by atoms with Gasteiger partial charge in [-0.2, -0.15) is 0 Å². The van der Waals surface area contributed by atoms with E-state index in [2.05, 4.69) is 26.0 Å². The van der Waals surface area contributed by atoms with Gasteiger partial charge in [-0.15, -0.1) is 10.2 Å². The summed E-state index contributed by atoms with van der Waals surface area (Å²) < 4.78 is 0. The van der Waals surface area contributed by atoms with Gasteiger partial charge in [0.15, 0.2) is 5.69 Å². The number of hydrogen-bond donors (Lipinski definition) is 3. The molecule has 1 aromatic heterocycles. The number of carbonyl (C=O) groups is 1. The van der Waals surface area contributed by atoms with E-state index in [0.717, 1.165) is 25.7 Å². The first-order valence-electron chi connectivity index (χ1n) is 7.82. The number of aromatic amines is 1. The lowest BCUT2D eigenvalue weighted by molar-refractivity contribution is -0.125. The molecule has 2 aromatic rings. The molecule has 0 aliphatic heterocycles. The van der Waals surface area contributed by atoms with Crippen LogP contribution >= 0.6 is 0 Å². The molecular weight excluding hydrogens is 294 g/mol. The average Bonchev–Trinajstić information content (AvgIpc) is 2.61. The highest BCUT2D eigenvalue weighted by molar-refractivity contribution is 5.79. The van der Waals surface area contributed by atoms with Crippen molar-refractivity contribution in [2.75, 3.05) is 5.43 Å². The maximum absolute atomic E-state index is 12.1. The van der Waals surface area contributed by atoms with Gasteiger partial charge >= 0.3 is 0 Å². The van der Waals surface area contributed by atoms with Crippen LogP contribution in [0, 0.1) is 5.92 Å². The van der Waals surface area contributed by atoms with E-state index in [0.29, 0.717) is 5.56 Å². The Balaban J connectivity index is 1.64. The van der Waals surface area contributed by atoms with Crippen LogP contribution in [-0.4, -0.2) is 21.1 Å². The van der Waals surface area contributed by atoms with Crippen molar-refractivity contribution in [3.63, 3.8) is 0 Å². The number of benzene rings is 1. The fourth-order valence-corrected chi connectivity index (χ4v) is 2.77. The van der Waals surface area contributed by atoms with Crippen LogP contribution in [0.2, 0.25) is 0 Å². The first-order valence-corrected chi connectivity index (χ1v) is 7.82. The lowest BCUT2D eigenvalue weighted by Crippen LogP contribution is -2.37. The zero-order chi connectivity index (χ0) is 16.1. The van der Waals surface area contributed by atoms with Gasteiger partial charge < -0.3 is 0 Å². The molecule has 1 saturated carbocycles. The van der Waals surface area contributed by atoms with E-state index in [-0.39, 0.29) is 29.0 Å².